The first-order chi connectivity index (χ1) is 15.2. The van der Waals surface area contributed by atoms with E-state index in [9.17, 15) is 4.79 Å². The van der Waals surface area contributed by atoms with Gasteiger partial charge in [-0.05, 0) is 42.8 Å². The third kappa shape index (κ3) is 4.76. The molecular weight excluding hydrogens is 386 g/mol. The van der Waals surface area contributed by atoms with Gasteiger partial charge < -0.3 is 14.2 Å². The molecule has 4 rings (SSSR count). The highest BCUT2D eigenvalue weighted by Gasteiger charge is 2.34. The lowest BCUT2D eigenvalue weighted by Gasteiger charge is -2.18. The Morgan fingerprint density at radius 1 is 1.00 bits per heavy atom. The highest BCUT2D eigenvalue weighted by Crippen LogP contribution is 2.34. The predicted octanol–water partition coefficient (Wildman–Crippen LogP) is 5.93. The number of carbonyl (C=O) groups excluding carboxylic acids is 1. The third-order valence-electron chi connectivity index (χ3n) is 6.29. The molecule has 1 aromatic heterocycles. The Labute approximate surface area is 185 Å². The van der Waals surface area contributed by atoms with Crippen LogP contribution in [0.15, 0.2) is 48.5 Å². The Kier molecular flexibility index (Phi) is 6.90. The number of methoxy groups -OCH3 is 1. The molecular formula is C26H33N3O2. The average molecular weight is 420 g/mol. The van der Waals surface area contributed by atoms with Gasteiger partial charge in [0.15, 0.2) is 0 Å². The van der Waals surface area contributed by atoms with Crippen LogP contribution in [0.4, 0.5) is 5.69 Å². The minimum absolute atomic E-state index is 0.113. The molecule has 0 bridgehead atoms. The van der Waals surface area contributed by atoms with Crippen LogP contribution in [0, 0.1) is 0 Å². The van der Waals surface area contributed by atoms with Gasteiger partial charge in [0, 0.05) is 31.1 Å². The fraction of sp³-hybridized carbons (Fsp3) is 0.462. The molecule has 3 aromatic rings. The molecule has 2 aromatic carbocycles. The number of benzene rings is 2. The van der Waals surface area contributed by atoms with Crippen molar-refractivity contribution in [3.63, 3.8) is 0 Å². The number of aryl methyl sites for hydroxylation is 1. The Balaban J connectivity index is 1.52. The van der Waals surface area contributed by atoms with Gasteiger partial charge in [0.05, 0.1) is 18.1 Å². The number of hydrogen-bond donors (Lipinski definition) is 0. The summed E-state index contributed by atoms with van der Waals surface area (Å²) in [6, 6.07) is 16.1. The molecule has 1 aliphatic rings. The van der Waals surface area contributed by atoms with Crippen LogP contribution in [-0.2, 0) is 11.3 Å². The van der Waals surface area contributed by atoms with Crippen molar-refractivity contribution in [1.82, 2.24) is 9.55 Å². The summed E-state index contributed by atoms with van der Waals surface area (Å²) in [5, 5.41) is 0. The molecule has 1 fully saturated rings. The Morgan fingerprint density at radius 3 is 2.52 bits per heavy atom. The lowest BCUT2D eigenvalue weighted by Crippen LogP contribution is -2.24. The van der Waals surface area contributed by atoms with Crippen LogP contribution in [0.2, 0.25) is 0 Å². The number of rotatable bonds is 10. The molecule has 1 atom stereocenters. The van der Waals surface area contributed by atoms with Crippen LogP contribution in [-0.4, -0.2) is 29.1 Å². The van der Waals surface area contributed by atoms with Crippen LogP contribution in [0.25, 0.3) is 11.0 Å². The van der Waals surface area contributed by atoms with E-state index in [0.29, 0.717) is 13.0 Å². The van der Waals surface area contributed by atoms with Crippen molar-refractivity contribution < 1.29 is 9.53 Å². The molecule has 0 saturated carbocycles. The summed E-state index contributed by atoms with van der Waals surface area (Å²) in [6.45, 7) is 3.89. The summed E-state index contributed by atoms with van der Waals surface area (Å²) in [4.78, 5) is 19.7. The summed E-state index contributed by atoms with van der Waals surface area (Å²) in [5.74, 6) is 2.13. The molecule has 1 saturated heterocycles. The summed E-state index contributed by atoms with van der Waals surface area (Å²) < 4.78 is 7.62. The first-order valence-electron chi connectivity index (χ1n) is 11.6. The van der Waals surface area contributed by atoms with Gasteiger partial charge in [-0.3, -0.25) is 4.79 Å². The number of aromatic nitrogens is 2. The van der Waals surface area contributed by atoms with E-state index in [1.54, 1.807) is 7.11 Å². The minimum Gasteiger partial charge on any atom is -0.497 e. The van der Waals surface area contributed by atoms with E-state index < -0.39 is 0 Å². The summed E-state index contributed by atoms with van der Waals surface area (Å²) in [5.41, 5.74) is 3.13. The molecule has 5 nitrogen and oxygen atoms in total. The van der Waals surface area contributed by atoms with Gasteiger partial charge in [0.25, 0.3) is 0 Å². The maximum Gasteiger partial charge on any atom is 0.227 e. The van der Waals surface area contributed by atoms with E-state index in [4.69, 9.17) is 9.72 Å². The first-order valence-corrected chi connectivity index (χ1v) is 11.6. The van der Waals surface area contributed by atoms with Gasteiger partial charge in [0.2, 0.25) is 5.91 Å². The van der Waals surface area contributed by atoms with Gasteiger partial charge in [-0.2, -0.15) is 0 Å². The highest BCUT2D eigenvalue weighted by atomic mass is 16.5. The molecule has 0 N–H and O–H groups in total. The van der Waals surface area contributed by atoms with Crippen molar-refractivity contribution in [1.29, 1.82) is 0 Å². The van der Waals surface area contributed by atoms with Crippen molar-refractivity contribution in [2.45, 2.75) is 64.3 Å². The Morgan fingerprint density at radius 2 is 1.74 bits per heavy atom. The number of amides is 1. The SMILES string of the molecule is CCCCCCCCn1c(C2CC(=O)N(c3ccc(OC)cc3)C2)nc2ccccc21. The summed E-state index contributed by atoms with van der Waals surface area (Å²) >= 11 is 0. The van der Waals surface area contributed by atoms with E-state index in [-0.39, 0.29) is 11.8 Å². The smallest absolute Gasteiger partial charge is 0.227 e. The maximum absolute atomic E-state index is 12.9. The first kappa shape index (κ1) is 21.4. The van der Waals surface area contributed by atoms with Crippen LogP contribution >= 0.6 is 0 Å². The van der Waals surface area contributed by atoms with Crippen molar-refractivity contribution >= 4 is 22.6 Å². The van der Waals surface area contributed by atoms with Gasteiger partial charge in [-0.25, -0.2) is 4.98 Å². The fourth-order valence-electron chi connectivity index (χ4n) is 4.58. The number of imidazole rings is 1. The molecule has 0 spiro atoms. The normalized spacial score (nSPS) is 16.4. The van der Waals surface area contributed by atoms with Gasteiger partial charge >= 0.3 is 0 Å². The van der Waals surface area contributed by atoms with Crippen molar-refractivity contribution in [3.05, 3.63) is 54.4 Å². The number of nitrogens with zero attached hydrogens (tertiary/aromatic N) is 3. The second-order valence-corrected chi connectivity index (χ2v) is 8.48. The third-order valence-corrected chi connectivity index (χ3v) is 6.29. The molecule has 2 heterocycles. The standard InChI is InChI=1S/C26H33N3O2/c1-3-4-5-6-7-10-17-28-24-12-9-8-11-23(24)27-26(28)20-18-25(30)29(19-20)21-13-15-22(31-2)16-14-21/h8-9,11-16,20H,3-7,10,17-19H2,1-2H3. The van der Waals surface area contributed by atoms with Gasteiger partial charge in [0.1, 0.15) is 11.6 Å². The molecule has 164 valence electrons. The predicted molar refractivity (Wildman–Crippen MR) is 126 cm³/mol. The molecule has 1 aliphatic heterocycles. The van der Waals surface area contributed by atoms with E-state index in [2.05, 4.69) is 29.7 Å². The highest BCUT2D eigenvalue weighted by molar-refractivity contribution is 5.96. The number of carbonyl (C=O) groups is 1. The maximum atomic E-state index is 12.9. The molecule has 1 unspecified atom stereocenters. The van der Waals surface area contributed by atoms with E-state index in [1.165, 1.54) is 37.6 Å². The van der Waals surface area contributed by atoms with E-state index >= 15 is 0 Å². The molecule has 1 amide bonds. The Bertz CT molecular complexity index is 1010. The zero-order valence-corrected chi connectivity index (χ0v) is 18.7. The number of fused-ring (bicyclic) bond motifs is 1. The molecule has 0 aliphatic carbocycles. The largest absolute Gasteiger partial charge is 0.497 e. The van der Waals surface area contributed by atoms with Crippen molar-refractivity contribution in [2.75, 3.05) is 18.6 Å². The lowest BCUT2D eigenvalue weighted by molar-refractivity contribution is -0.117. The second-order valence-electron chi connectivity index (χ2n) is 8.48. The monoisotopic (exact) mass is 419 g/mol. The van der Waals surface area contributed by atoms with Crippen LogP contribution in [0.1, 0.15) is 63.6 Å². The van der Waals surface area contributed by atoms with Crippen LogP contribution in [0.3, 0.4) is 0 Å². The van der Waals surface area contributed by atoms with Crippen molar-refractivity contribution in [2.24, 2.45) is 0 Å². The van der Waals surface area contributed by atoms with E-state index in [1.807, 2.05) is 35.2 Å². The minimum atomic E-state index is 0.113. The molecule has 5 heteroatoms. The lowest BCUT2D eigenvalue weighted by atomic mass is 10.1. The van der Waals surface area contributed by atoms with Gasteiger partial charge in [-0.15, -0.1) is 0 Å². The quantitative estimate of drug-likeness (QED) is 0.383. The average Bonchev–Trinajstić information content (AvgIpc) is 3.37. The number of ether oxygens (including phenoxy) is 1. The van der Waals surface area contributed by atoms with Gasteiger partial charge in [-0.1, -0.05) is 51.2 Å². The van der Waals surface area contributed by atoms with E-state index in [0.717, 1.165) is 35.7 Å². The Hall–Kier alpha value is -2.82. The molecule has 0 radical (unpaired) electrons. The number of anilines is 1. The zero-order chi connectivity index (χ0) is 21.6. The summed E-state index contributed by atoms with van der Waals surface area (Å²) in [7, 11) is 1.65. The number of para-hydroxylation sites is 2. The molecule has 31 heavy (non-hydrogen) atoms. The summed E-state index contributed by atoms with van der Waals surface area (Å²) in [6.07, 6.45) is 8.12. The zero-order valence-electron chi connectivity index (χ0n) is 18.7. The van der Waals surface area contributed by atoms with Crippen LogP contribution < -0.4 is 9.64 Å². The van der Waals surface area contributed by atoms with Crippen LogP contribution in [0.5, 0.6) is 5.75 Å². The van der Waals surface area contributed by atoms with Crippen molar-refractivity contribution in [3.8, 4) is 5.75 Å². The number of unbranched alkanes of at least 4 members (excludes halogenated alkanes) is 5. The number of hydrogen-bond acceptors (Lipinski definition) is 3. The topological polar surface area (TPSA) is 47.4 Å². The second kappa shape index (κ2) is 9.99. The fourth-order valence-corrected chi connectivity index (χ4v) is 4.58.